The molecule has 3 atom stereocenters. The second kappa shape index (κ2) is 14.5. The van der Waals surface area contributed by atoms with Gasteiger partial charge in [-0.15, -0.1) is 0 Å². The molecule has 0 radical (unpaired) electrons. The Morgan fingerprint density at radius 3 is 2.52 bits per heavy atom. The number of nitrogens with zero attached hydrogens (tertiary/aromatic N) is 3. The van der Waals surface area contributed by atoms with Crippen LogP contribution in [-0.4, -0.2) is 56.7 Å². The summed E-state index contributed by atoms with van der Waals surface area (Å²) >= 11 is 0. The summed E-state index contributed by atoms with van der Waals surface area (Å²) in [6.07, 6.45) is 1.52. The molecule has 1 aliphatic rings. The molecule has 2 amide bonds. The number of nitrogens with one attached hydrogen (secondary N) is 2. The zero-order chi connectivity index (χ0) is 29.2. The zero-order valence-corrected chi connectivity index (χ0v) is 23.6. The molecule has 2 N–H and O–H groups in total. The SMILES string of the molecule is CC(C)CC(NC(=O)C(CC(=O)OCc1ccccc1)C(C)C)C(=O)CC1Cc2ncn(n2)CCNC(=O)C1=O. The van der Waals surface area contributed by atoms with Gasteiger partial charge in [-0.2, -0.15) is 5.10 Å². The molecule has 1 aliphatic heterocycles. The summed E-state index contributed by atoms with van der Waals surface area (Å²) in [6, 6.07) is 8.37. The molecule has 0 saturated heterocycles. The number of rotatable bonds is 12. The van der Waals surface area contributed by atoms with Crippen molar-refractivity contribution in [1.82, 2.24) is 25.4 Å². The molecule has 0 saturated carbocycles. The zero-order valence-electron chi connectivity index (χ0n) is 23.6. The predicted molar refractivity (Wildman–Crippen MR) is 145 cm³/mol. The lowest BCUT2D eigenvalue weighted by Crippen LogP contribution is -2.47. The van der Waals surface area contributed by atoms with Gasteiger partial charge in [0.05, 0.1) is 24.9 Å². The topological polar surface area (TPSA) is 149 Å². The largest absolute Gasteiger partial charge is 0.461 e. The Kier molecular flexibility index (Phi) is 11.1. The van der Waals surface area contributed by atoms with Crippen molar-refractivity contribution in [2.45, 2.75) is 72.6 Å². The summed E-state index contributed by atoms with van der Waals surface area (Å²) in [5.41, 5.74) is 0.842. The summed E-state index contributed by atoms with van der Waals surface area (Å²) in [6.45, 7) is 8.21. The second-order valence-electron chi connectivity index (χ2n) is 11.0. The molecule has 3 rings (SSSR count). The average molecular weight is 554 g/mol. The number of fused-ring (bicyclic) bond motifs is 2. The van der Waals surface area contributed by atoms with Gasteiger partial charge in [0.1, 0.15) is 12.9 Å². The van der Waals surface area contributed by atoms with E-state index in [-0.39, 0.29) is 50.0 Å². The summed E-state index contributed by atoms with van der Waals surface area (Å²) in [5.74, 6) is -4.18. The molecular weight excluding hydrogens is 514 g/mol. The number of amides is 2. The highest BCUT2D eigenvalue weighted by molar-refractivity contribution is 6.37. The Morgan fingerprint density at radius 2 is 1.85 bits per heavy atom. The van der Waals surface area contributed by atoms with E-state index in [1.165, 1.54) is 6.33 Å². The first-order chi connectivity index (χ1) is 19.0. The normalized spacial score (nSPS) is 17.2. The molecule has 11 nitrogen and oxygen atoms in total. The first-order valence-corrected chi connectivity index (χ1v) is 13.8. The molecule has 216 valence electrons. The van der Waals surface area contributed by atoms with E-state index in [1.807, 2.05) is 58.0 Å². The van der Waals surface area contributed by atoms with Crippen LogP contribution in [0.4, 0.5) is 0 Å². The van der Waals surface area contributed by atoms with Crippen LogP contribution < -0.4 is 10.6 Å². The number of ether oxygens (including phenoxy) is 1. The molecule has 0 spiro atoms. The smallest absolute Gasteiger partial charge is 0.306 e. The van der Waals surface area contributed by atoms with E-state index in [1.54, 1.807) is 4.68 Å². The minimum atomic E-state index is -0.957. The fraction of sp³-hybridized carbons (Fsp3) is 0.552. The number of benzene rings is 1. The van der Waals surface area contributed by atoms with Gasteiger partial charge >= 0.3 is 5.97 Å². The van der Waals surface area contributed by atoms with E-state index in [0.717, 1.165) is 5.56 Å². The van der Waals surface area contributed by atoms with E-state index in [4.69, 9.17) is 4.74 Å². The van der Waals surface area contributed by atoms with Gasteiger partial charge in [-0.1, -0.05) is 58.0 Å². The molecule has 3 unspecified atom stereocenters. The van der Waals surface area contributed by atoms with Crippen LogP contribution in [0.2, 0.25) is 0 Å². The number of hydrogen-bond donors (Lipinski definition) is 2. The fourth-order valence-electron chi connectivity index (χ4n) is 4.58. The number of carbonyl (C=O) groups is 5. The molecule has 40 heavy (non-hydrogen) atoms. The van der Waals surface area contributed by atoms with Gasteiger partial charge in [-0.25, -0.2) is 4.98 Å². The van der Waals surface area contributed by atoms with Gasteiger partial charge in [0.15, 0.2) is 11.6 Å². The van der Waals surface area contributed by atoms with Crippen LogP contribution in [0.5, 0.6) is 0 Å². The Morgan fingerprint density at radius 1 is 1.12 bits per heavy atom. The second-order valence-corrected chi connectivity index (χ2v) is 11.0. The van der Waals surface area contributed by atoms with Crippen LogP contribution in [0.25, 0.3) is 0 Å². The molecule has 2 heterocycles. The molecule has 1 aromatic carbocycles. The molecular formula is C29H39N5O6. The minimum absolute atomic E-state index is 0.0369. The van der Waals surface area contributed by atoms with Gasteiger partial charge in [-0.05, 0) is 23.8 Å². The van der Waals surface area contributed by atoms with Crippen molar-refractivity contribution in [2.24, 2.45) is 23.7 Å². The van der Waals surface area contributed by atoms with Crippen molar-refractivity contribution in [1.29, 1.82) is 0 Å². The quantitative estimate of drug-likeness (QED) is 0.300. The van der Waals surface area contributed by atoms with Gasteiger partial charge in [0.2, 0.25) is 11.7 Å². The summed E-state index contributed by atoms with van der Waals surface area (Å²) in [7, 11) is 0. The number of Topliss-reactive ketones (excluding diaryl/α,β-unsaturated/α-hetero) is 2. The van der Waals surface area contributed by atoms with Crippen molar-refractivity contribution in [3.8, 4) is 0 Å². The Hall–Kier alpha value is -3.89. The van der Waals surface area contributed by atoms with Crippen molar-refractivity contribution < 1.29 is 28.7 Å². The maximum Gasteiger partial charge on any atom is 0.306 e. The van der Waals surface area contributed by atoms with E-state index < -0.39 is 41.4 Å². The monoisotopic (exact) mass is 553 g/mol. The third kappa shape index (κ3) is 9.10. The van der Waals surface area contributed by atoms with E-state index in [0.29, 0.717) is 18.8 Å². The molecule has 2 bridgehead atoms. The predicted octanol–water partition coefficient (Wildman–Crippen LogP) is 2.03. The van der Waals surface area contributed by atoms with Crippen molar-refractivity contribution in [3.05, 3.63) is 48.0 Å². The van der Waals surface area contributed by atoms with Crippen LogP contribution in [0.15, 0.2) is 36.7 Å². The van der Waals surface area contributed by atoms with E-state index in [9.17, 15) is 24.0 Å². The van der Waals surface area contributed by atoms with Gasteiger partial charge < -0.3 is 15.4 Å². The fourth-order valence-corrected chi connectivity index (χ4v) is 4.58. The maximum atomic E-state index is 13.5. The highest BCUT2D eigenvalue weighted by atomic mass is 16.5. The first kappa shape index (κ1) is 30.6. The van der Waals surface area contributed by atoms with Gasteiger partial charge in [0, 0.05) is 25.3 Å². The summed E-state index contributed by atoms with van der Waals surface area (Å²) in [5, 5.41) is 9.71. The Labute approximate surface area is 234 Å². The van der Waals surface area contributed by atoms with Gasteiger partial charge in [0.25, 0.3) is 5.91 Å². The highest BCUT2D eigenvalue weighted by Crippen LogP contribution is 2.20. The standard InChI is InChI=1S/C29H39N5O6/c1-18(2)12-23(24(35)13-21-14-25-31-17-34(33-25)11-10-30-29(39)27(21)37)32-28(38)22(19(3)4)15-26(36)40-16-20-8-6-5-7-9-20/h5-9,17-19,21-23H,10-16H2,1-4H3,(H,30,39)(H,32,38). The van der Waals surface area contributed by atoms with Crippen LogP contribution >= 0.6 is 0 Å². The van der Waals surface area contributed by atoms with Crippen LogP contribution in [0, 0.1) is 23.7 Å². The third-order valence-corrected chi connectivity index (χ3v) is 6.86. The Bertz CT molecular complexity index is 1190. The molecule has 1 aromatic heterocycles. The van der Waals surface area contributed by atoms with Crippen LogP contribution in [0.3, 0.4) is 0 Å². The summed E-state index contributed by atoms with van der Waals surface area (Å²) < 4.78 is 6.95. The lowest BCUT2D eigenvalue weighted by Gasteiger charge is -2.26. The van der Waals surface area contributed by atoms with Crippen LogP contribution in [-0.2, 0) is 48.3 Å². The maximum absolute atomic E-state index is 13.5. The number of hydrogen-bond acceptors (Lipinski definition) is 8. The third-order valence-electron chi connectivity index (χ3n) is 6.86. The van der Waals surface area contributed by atoms with E-state index >= 15 is 0 Å². The first-order valence-electron chi connectivity index (χ1n) is 13.8. The molecule has 2 aromatic rings. The lowest BCUT2D eigenvalue weighted by molar-refractivity contribution is -0.149. The number of esters is 1. The number of ketones is 2. The van der Waals surface area contributed by atoms with Gasteiger partial charge in [-0.3, -0.25) is 28.7 Å². The number of aromatic nitrogens is 3. The van der Waals surface area contributed by atoms with Crippen molar-refractivity contribution >= 4 is 29.4 Å². The molecule has 0 fully saturated rings. The summed E-state index contributed by atoms with van der Waals surface area (Å²) in [4.78, 5) is 68.9. The van der Waals surface area contributed by atoms with Crippen LogP contribution in [0.1, 0.15) is 58.3 Å². The average Bonchev–Trinajstić information content (AvgIpc) is 3.35. The van der Waals surface area contributed by atoms with Crippen molar-refractivity contribution in [3.63, 3.8) is 0 Å². The van der Waals surface area contributed by atoms with E-state index in [2.05, 4.69) is 20.7 Å². The minimum Gasteiger partial charge on any atom is -0.461 e. The lowest BCUT2D eigenvalue weighted by atomic mass is 9.87. The Balaban J connectivity index is 1.68. The molecule has 11 heteroatoms. The van der Waals surface area contributed by atoms with Crippen molar-refractivity contribution in [2.75, 3.05) is 6.54 Å². The number of carbonyl (C=O) groups excluding carboxylic acids is 5. The molecule has 0 aliphatic carbocycles. The highest BCUT2D eigenvalue weighted by Gasteiger charge is 2.34.